The van der Waals surface area contributed by atoms with Gasteiger partial charge in [0.15, 0.2) is 16.0 Å². The fourth-order valence-electron chi connectivity index (χ4n) is 5.38. The highest BCUT2D eigenvalue weighted by atomic mass is 16.2. The first kappa shape index (κ1) is 19.9. The summed E-state index contributed by atoms with van der Waals surface area (Å²) < 4.78 is 0. The molecule has 8 heteroatoms. The molecule has 1 aromatic carbocycles. The molecule has 2 aliphatic heterocycles. The summed E-state index contributed by atoms with van der Waals surface area (Å²) in [5.41, 5.74) is 3.56. The monoisotopic (exact) mass is 403 g/mol. The average Bonchev–Trinajstić information content (AvgIpc) is 3.45. The van der Waals surface area contributed by atoms with Crippen LogP contribution < -0.4 is 5.32 Å². The van der Waals surface area contributed by atoms with Crippen LogP contribution in [-0.4, -0.2) is 66.6 Å². The molecule has 3 heterocycles. The molecule has 30 heavy (non-hydrogen) atoms. The molecule has 0 spiro atoms. The number of amides is 1. The molecule has 1 saturated carbocycles. The van der Waals surface area contributed by atoms with E-state index in [0.29, 0.717) is 18.0 Å². The van der Waals surface area contributed by atoms with Gasteiger partial charge in [-0.3, -0.25) is 4.79 Å². The van der Waals surface area contributed by atoms with Crippen molar-refractivity contribution in [3.63, 3.8) is 0 Å². The zero-order chi connectivity index (χ0) is 20.7. The second-order valence-corrected chi connectivity index (χ2v) is 9.44. The van der Waals surface area contributed by atoms with Crippen molar-refractivity contribution in [3.05, 3.63) is 41.9 Å². The van der Waals surface area contributed by atoms with E-state index in [1.165, 1.54) is 18.4 Å². The maximum atomic E-state index is 12.5. The van der Waals surface area contributed by atoms with Crippen molar-refractivity contribution < 1.29 is 4.79 Å². The van der Waals surface area contributed by atoms with E-state index >= 15 is 0 Å². The molecule has 3 aliphatic rings. The zero-order valence-corrected chi connectivity index (χ0v) is 18.1. The fourth-order valence-corrected chi connectivity index (χ4v) is 5.38. The van der Waals surface area contributed by atoms with Gasteiger partial charge >= 0.3 is 0 Å². The first-order chi connectivity index (χ1) is 14.6. The third-order valence-corrected chi connectivity index (χ3v) is 7.42. The van der Waals surface area contributed by atoms with Gasteiger partial charge in [0.25, 0.3) is 0 Å². The van der Waals surface area contributed by atoms with E-state index < -0.39 is 0 Å². The number of aromatic amines is 1. The van der Waals surface area contributed by atoms with Gasteiger partial charge in [-0.1, -0.05) is 24.3 Å². The average molecular weight is 403 g/mol. The van der Waals surface area contributed by atoms with Crippen LogP contribution in [0.5, 0.6) is 0 Å². The van der Waals surface area contributed by atoms with E-state index in [9.17, 15) is 4.79 Å². The van der Waals surface area contributed by atoms with E-state index in [1.807, 2.05) is 6.20 Å². The lowest BCUT2D eigenvalue weighted by Gasteiger charge is -2.37. The quantitative estimate of drug-likeness (QED) is 0.736. The van der Waals surface area contributed by atoms with Gasteiger partial charge in [0.2, 0.25) is 5.91 Å². The van der Waals surface area contributed by atoms with Gasteiger partial charge in [-0.05, 0) is 63.1 Å². The van der Waals surface area contributed by atoms with Gasteiger partial charge in [-0.15, -0.1) is 0 Å². The molecule has 6 nitrogen and oxygen atoms in total. The largest absolute Gasteiger partial charge is 0.352 e. The lowest BCUT2D eigenvalue weighted by molar-refractivity contribution is -0.125. The van der Waals surface area contributed by atoms with Crippen molar-refractivity contribution in [2.45, 2.75) is 62.6 Å². The number of hydrogen-bond donors (Lipinski definition) is 2. The zero-order valence-electron chi connectivity index (χ0n) is 18.1. The highest BCUT2D eigenvalue weighted by molar-refractivity contribution is 6.07. The van der Waals surface area contributed by atoms with Crippen LogP contribution in [0, 0.1) is 0 Å². The van der Waals surface area contributed by atoms with Gasteiger partial charge < -0.3 is 19.9 Å². The Kier molecular flexibility index (Phi) is 5.46. The van der Waals surface area contributed by atoms with Crippen molar-refractivity contribution >= 4 is 21.9 Å². The second-order valence-electron chi connectivity index (χ2n) is 9.44. The lowest BCUT2D eigenvalue weighted by atomic mass is 9.75. The molecule has 2 N–H and O–H groups in total. The van der Waals surface area contributed by atoms with E-state index in [2.05, 4.69) is 60.2 Å². The summed E-state index contributed by atoms with van der Waals surface area (Å²) in [7, 11) is 4.23. The number of benzene rings is 1. The Bertz CT molecular complexity index is 895. The molecule has 1 amide bonds. The highest BCUT2D eigenvalue weighted by Crippen LogP contribution is 2.38. The minimum absolute atomic E-state index is 0.0751. The molecule has 2 saturated heterocycles. The van der Waals surface area contributed by atoms with E-state index in [1.54, 1.807) is 0 Å². The van der Waals surface area contributed by atoms with E-state index in [-0.39, 0.29) is 11.9 Å². The number of aromatic nitrogens is 2. The molecular weight excluding hydrogens is 372 g/mol. The normalized spacial score (nSPS) is 29.7. The molecule has 5 rings (SSSR count). The Balaban J connectivity index is 1.16. The fraction of sp³-hybridized carbons (Fsp3) is 0.545. The molecule has 156 valence electrons. The number of nitrogens with zero attached hydrogens (tertiary/aromatic N) is 3. The molecular formula is C22H31B2N5O. The summed E-state index contributed by atoms with van der Waals surface area (Å²) in [6.07, 6.45) is 8.66. The molecule has 1 aromatic heterocycles. The first-order valence-electron chi connectivity index (χ1n) is 11.4. The van der Waals surface area contributed by atoms with Gasteiger partial charge in [-0.2, -0.15) is 0 Å². The van der Waals surface area contributed by atoms with Crippen LogP contribution in [0.2, 0.25) is 0 Å². The number of nitrogens with one attached hydrogen (secondary N) is 2. The molecule has 1 aliphatic carbocycles. The van der Waals surface area contributed by atoms with Crippen LogP contribution >= 0.6 is 0 Å². The van der Waals surface area contributed by atoms with Crippen LogP contribution in [0.4, 0.5) is 0 Å². The Morgan fingerprint density at radius 1 is 1.07 bits per heavy atom. The Hall–Kier alpha value is -2.05. The first-order valence-corrected chi connectivity index (χ1v) is 11.4. The SMILES string of the molecule is BN1CCC[C@H]1C(=O)NC1CC(c2ccc(-c3c[nH]c([C@@H]4CCCN4B)n3)cc2)C1. The van der Waals surface area contributed by atoms with Crippen molar-refractivity contribution in [3.8, 4) is 11.3 Å². The summed E-state index contributed by atoms with van der Waals surface area (Å²) in [5.74, 6) is 1.85. The van der Waals surface area contributed by atoms with Crippen molar-refractivity contribution in [1.82, 2.24) is 24.9 Å². The van der Waals surface area contributed by atoms with Crippen LogP contribution in [0.15, 0.2) is 30.5 Å². The molecule has 0 radical (unpaired) electrons. The minimum Gasteiger partial charge on any atom is -0.352 e. The summed E-state index contributed by atoms with van der Waals surface area (Å²) in [4.78, 5) is 25.3. The van der Waals surface area contributed by atoms with Gasteiger partial charge in [0.1, 0.15) is 5.82 Å². The number of hydrogen-bond acceptors (Lipinski definition) is 4. The van der Waals surface area contributed by atoms with Crippen LogP contribution in [0.25, 0.3) is 11.3 Å². The Labute approximate surface area is 180 Å². The summed E-state index contributed by atoms with van der Waals surface area (Å²) in [6, 6.07) is 9.67. The standard InChI is InChI=1S/C22H31B2N5O/c23-28-9-1-3-19(28)21-25-13-18(27-21)15-7-5-14(6-8-15)16-11-17(12-16)26-22(30)20-4-2-10-29(20)24/h5-8,13,16-17,19-20H,1-4,9-12,23-24H2,(H,25,27)(H,26,30)/t16?,17?,19-,20-/m0/s1. The predicted molar refractivity (Wildman–Crippen MR) is 123 cm³/mol. The van der Waals surface area contributed by atoms with Gasteiger partial charge in [-0.25, -0.2) is 4.98 Å². The molecule has 2 aromatic rings. The predicted octanol–water partition coefficient (Wildman–Crippen LogP) is 1.14. The maximum Gasteiger partial charge on any atom is 0.236 e. The van der Waals surface area contributed by atoms with Crippen molar-refractivity contribution in [1.29, 1.82) is 0 Å². The number of rotatable bonds is 5. The number of carbonyl (C=O) groups excluding carboxylic acids is 1. The number of carbonyl (C=O) groups is 1. The second kappa shape index (κ2) is 8.23. The molecule has 3 fully saturated rings. The topological polar surface area (TPSA) is 64.3 Å². The highest BCUT2D eigenvalue weighted by Gasteiger charge is 2.35. The van der Waals surface area contributed by atoms with Crippen LogP contribution in [-0.2, 0) is 4.79 Å². The smallest absolute Gasteiger partial charge is 0.236 e. The number of H-pyrrole nitrogens is 1. The van der Waals surface area contributed by atoms with E-state index in [0.717, 1.165) is 55.9 Å². The van der Waals surface area contributed by atoms with Crippen molar-refractivity contribution in [2.24, 2.45) is 0 Å². The summed E-state index contributed by atoms with van der Waals surface area (Å²) >= 11 is 0. The van der Waals surface area contributed by atoms with Gasteiger partial charge in [0, 0.05) is 17.8 Å². The summed E-state index contributed by atoms with van der Waals surface area (Å²) in [6.45, 7) is 2.18. The Morgan fingerprint density at radius 2 is 1.80 bits per heavy atom. The molecule has 2 atom stereocenters. The lowest BCUT2D eigenvalue weighted by Crippen LogP contribution is -2.50. The van der Waals surface area contributed by atoms with E-state index in [4.69, 9.17) is 4.98 Å². The van der Waals surface area contributed by atoms with Gasteiger partial charge in [0.05, 0.1) is 17.8 Å². The molecule has 0 unspecified atom stereocenters. The third-order valence-electron chi connectivity index (χ3n) is 7.42. The van der Waals surface area contributed by atoms with Crippen LogP contribution in [0.1, 0.15) is 61.9 Å². The number of imidazole rings is 1. The maximum absolute atomic E-state index is 12.5. The summed E-state index contributed by atoms with van der Waals surface area (Å²) in [5, 5.41) is 3.26. The minimum atomic E-state index is 0.0751. The molecule has 0 bridgehead atoms. The van der Waals surface area contributed by atoms with Crippen LogP contribution in [0.3, 0.4) is 0 Å². The Morgan fingerprint density at radius 3 is 2.47 bits per heavy atom. The third kappa shape index (κ3) is 3.83. The van der Waals surface area contributed by atoms with Crippen molar-refractivity contribution in [2.75, 3.05) is 13.1 Å².